The third kappa shape index (κ3) is 4.89. The maximum absolute atomic E-state index is 13.7. The third-order valence-corrected chi connectivity index (χ3v) is 7.99. The molecule has 0 fully saturated rings. The maximum atomic E-state index is 13.7. The molecular weight excluding hydrogens is 526 g/mol. The van der Waals surface area contributed by atoms with Crippen LogP contribution >= 0.6 is 0 Å². The second-order valence-corrected chi connectivity index (χ2v) is 10.4. The number of Topliss-reactive ketones (excluding diaryl/α,β-unsaturated/α-hetero) is 2. The molecule has 2 atom stereocenters. The van der Waals surface area contributed by atoms with Crippen molar-refractivity contribution in [2.45, 2.75) is 60.1 Å². The fraction of sp³-hybridized carbons (Fsp3) is 0.375. The molecule has 0 bridgehead atoms. The number of ketones is 3. The number of ether oxygens (including phenoxy) is 3. The molecule has 0 aromatic heterocycles. The Kier molecular flexibility index (Phi) is 8.09. The number of rotatable bonds is 8. The number of fused-ring (bicyclic) bond motifs is 3. The van der Waals surface area contributed by atoms with E-state index in [4.69, 9.17) is 14.2 Å². The van der Waals surface area contributed by atoms with Gasteiger partial charge in [-0.1, -0.05) is 12.0 Å². The van der Waals surface area contributed by atoms with Gasteiger partial charge in [0.1, 0.15) is 46.5 Å². The lowest BCUT2D eigenvalue weighted by atomic mass is 9.67. The lowest BCUT2D eigenvalue weighted by Gasteiger charge is -2.30. The maximum Gasteiger partial charge on any atom is 0.259 e. The summed E-state index contributed by atoms with van der Waals surface area (Å²) < 4.78 is 17.0. The number of carbonyl (C=O) groups excluding carboxylic acids is 4. The first-order chi connectivity index (χ1) is 19.4. The number of hydrogen-bond acceptors (Lipinski definition) is 8. The number of nitrogens with one attached hydrogen (secondary N) is 1. The zero-order valence-corrected chi connectivity index (χ0v) is 24.2. The Morgan fingerprint density at radius 2 is 1.88 bits per heavy atom. The Balaban J connectivity index is 1.69. The summed E-state index contributed by atoms with van der Waals surface area (Å²) in [5, 5.41) is 13.8. The molecule has 1 heterocycles. The largest absolute Gasteiger partial charge is 0.507 e. The predicted molar refractivity (Wildman–Crippen MR) is 150 cm³/mol. The van der Waals surface area contributed by atoms with Crippen LogP contribution in [0.5, 0.6) is 17.2 Å². The lowest BCUT2D eigenvalue weighted by molar-refractivity contribution is -0.140. The van der Waals surface area contributed by atoms with Gasteiger partial charge >= 0.3 is 0 Å². The third-order valence-electron chi connectivity index (χ3n) is 7.99. The van der Waals surface area contributed by atoms with E-state index < -0.39 is 34.6 Å². The molecule has 0 saturated carbocycles. The van der Waals surface area contributed by atoms with E-state index in [-0.39, 0.29) is 40.7 Å². The highest BCUT2D eigenvalue weighted by Gasteiger charge is 2.58. The van der Waals surface area contributed by atoms with Crippen LogP contribution in [-0.4, -0.2) is 42.1 Å². The van der Waals surface area contributed by atoms with Crippen molar-refractivity contribution < 1.29 is 38.5 Å². The molecule has 0 spiro atoms. The van der Waals surface area contributed by atoms with Gasteiger partial charge in [-0.2, -0.15) is 0 Å². The van der Waals surface area contributed by atoms with Gasteiger partial charge in [0.2, 0.25) is 0 Å². The highest BCUT2D eigenvalue weighted by molar-refractivity contribution is 6.27. The fourth-order valence-corrected chi connectivity index (χ4v) is 5.53. The minimum atomic E-state index is -1.63. The first-order valence-electron chi connectivity index (χ1n) is 13.2. The van der Waals surface area contributed by atoms with Crippen LogP contribution in [-0.2, 0) is 37.7 Å². The zero-order chi connectivity index (χ0) is 30.2. The number of phenols is 1. The van der Waals surface area contributed by atoms with Crippen molar-refractivity contribution in [3.63, 3.8) is 0 Å². The Labute approximate surface area is 238 Å². The van der Waals surface area contributed by atoms with Crippen LogP contribution in [0.25, 0.3) is 0 Å². The molecule has 214 valence electrons. The first kappa shape index (κ1) is 29.6. The smallest absolute Gasteiger partial charge is 0.259 e. The van der Waals surface area contributed by atoms with Gasteiger partial charge in [-0.3, -0.25) is 19.2 Å². The summed E-state index contributed by atoms with van der Waals surface area (Å²) in [6.07, 6.45) is 1.09. The predicted octanol–water partition coefficient (Wildman–Crippen LogP) is 3.69. The van der Waals surface area contributed by atoms with Crippen molar-refractivity contribution in [1.82, 2.24) is 5.32 Å². The second kappa shape index (κ2) is 11.2. The van der Waals surface area contributed by atoms with Gasteiger partial charge in [0, 0.05) is 18.7 Å². The summed E-state index contributed by atoms with van der Waals surface area (Å²) in [5.41, 5.74) is 3.33. The standard InChI is InChI=1S/C32H33NO8/c1-8-9-10-40-15-20-11-16(2)21(18(4)17(20)3)14-33-31(38)27-24(39-7)12-23(36)28-29(27)41-25-13-22(35)26(19(5)34)30(37)32(25,28)6/h11-13,26,36H,10,14-15H2,1-7H3,(H,33,38)/t26?,32-/m1/s1. The Hall–Kier alpha value is -4.42. The minimum Gasteiger partial charge on any atom is -0.507 e. The monoisotopic (exact) mass is 559 g/mol. The highest BCUT2D eigenvalue weighted by atomic mass is 16.5. The van der Waals surface area contributed by atoms with Gasteiger partial charge in [0.05, 0.1) is 19.3 Å². The Morgan fingerprint density at radius 3 is 2.51 bits per heavy atom. The highest BCUT2D eigenvalue weighted by Crippen LogP contribution is 2.56. The Bertz CT molecular complexity index is 1590. The molecule has 1 aliphatic heterocycles. The van der Waals surface area contributed by atoms with Crippen LogP contribution in [0.1, 0.15) is 64.5 Å². The van der Waals surface area contributed by atoms with Crippen molar-refractivity contribution in [1.29, 1.82) is 0 Å². The quantitative estimate of drug-likeness (QED) is 0.285. The molecule has 41 heavy (non-hydrogen) atoms. The SMILES string of the molecule is CC#CCOCc1cc(C)c(CNC(=O)c2c(OC)cc(O)c3c2OC2=CC(=O)C(C(C)=O)C(=O)[C@]23C)c(C)c1C. The number of methoxy groups -OCH3 is 1. The van der Waals surface area contributed by atoms with Crippen LogP contribution < -0.4 is 14.8 Å². The molecule has 2 aromatic rings. The van der Waals surface area contributed by atoms with Crippen LogP contribution in [0, 0.1) is 38.5 Å². The van der Waals surface area contributed by atoms with E-state index in [0.717, 1.165) is 33.9 Å². The number of amides is 1. The van der Waals surface area contributed by atoms with Crippen LogP contribution in [0.2, 0.25) is 0 Å². The van der Waals surface area contributed by atoms with E-state index in [0.29, 0.717) is 13.2 Å². The van der Waals surface area contributed by atoms with E-state index in [1.54, 1.807) is 6.92 Å². The molecule has 9 heteroatoms. The van der Waals surface area contributed by atoms with E-state index in [1.807, 2.05) is 26.8 Å². The van der Waals surface area contributed by atoms with Gasteiger partial charge in [0.15, 0.2) is 17.3 Å². The number of carbonyl (C=O) groups is 4. The van der Waals surface area contributed by atoms with Crippen LogP contribution in [0.15, 0.2) is 24.0 Å². The Morgan fingerprint density at radius 1 is 1.17 bits per heavy atom. The second-order valence-electron chi connectivity index (χ2n) is 10.4. The summed E-state index contributed by atoms with van der Waals surface area (Å²) in [4.78, 5) is 51.9. The number of aromatic hydroxyl groups is 1. The first-order valence-corrected chi connectivity index (χ1v) is 13.2. The molecule has 1 amide bonds. The van der Waals surface area contributed by atoms with E-state index >= 15 is 0 Å². The van der Waals surface area contributed by atoms with Gasteiger partial charge in [-0.15, -0.1) is 5.92 Å². The van der Waals surface area contributed by atoms with Gasteiger partial charge in [0.25, 0.3) is 5.91 Å². The molecular formula is C32H33NO8. The lowest BCUT2D eigenvalue weighted by Crippen LogP contribution is -2.47. The summed E-state index contributed by atoms with van der Waals surface area (Å²) in [5.74, 6) is 1.10. The number of benzene rings is 2. The minimum absolute atomic E-state index is 0.0128. The van der Waals surface area contributed by atoms with E-state index in [9.17, 15) is 24.3 Å². The van der Waals surface area contributed by atoms with Gasteiger partial charge < -0.3 is 24.6 Å². The fourth-order valence-electron chi connectivity index (χ4n) is 5.53. The van der Waals surface area contributed by atoms with Crippen molar-refractivity contribution in [2.24, 2.45) is 5.92 Å². The van der Waals surface area contributed by atoms with Crippen LogP contribution in [0.3, 0.4) is 0 Å². The van der Waals surface area contributed by atoms with Crippen molar-refractivity contribution >= 4 is 23.3 Å². The van der Waals surface area contributed by atoms with E-state index in [2.05, 4.69) is 17.2 Å². The summed E-state index contributed by atoms with van der Waals surface area (Å²) in [6.45, 7) is 11.3. The van der Waals surface area contributed by atoms with Gasteiger partial charge in [-0.25, -0.2) is 0 Å². The average molecular weight is 560 g/mol. The molecule has 2 aliphatic rings. The number of phenolic OH excluding ortho intramolecular Hbond substituents is 1. The van der Waals surface area contributed by atoms with Crippen LogP contribution in [0.4, 0.5) is 0 Å². The van der Waals surface area contributed by atoms with Gasteiger partial charge in [-0.05, 0) is 69.4 Å². The zero-order valence-electron chi connectivity index (χ0n) is 24.2. The summed E-state index contributed by atoms with van der Waals surface area (Å²) in [6, 6.07) is 3.26. The molecule has 2 aromatic carbocycles. The molecule has 0 saturated heterocycles. The molecule has 4 rings (SSSR count). The molecule has 2 N–H and O–H groups in total. The molecule has 9 nitrogen and oxygen atoms in total. The molecule has 1 unspecified atom stereocenters. The topological polar surface area (TPSA) is 128 Å². The summed E-state index contributed by atoms with van der Waals surface area (Å²) in [7, 11) is 1.34. The normalized spacial score (nSPS) is 18.9. The van der Waals surface area contributed by atoms with Crippen molar-refractivity contribution in [3.05, 3.63) is 62.9 Å². The van der Waals surface area contributed by atoms with E-state index in [1.165, 1.54) is 27.0 Å². The molecule has 0 radical (unpaired) electrons. The number of allylic oxidation sites excluding steroid dienone is 2. The van der Waals surface area contributed by atoms with Crippen molar-refractivity contribution in [2.75, 3.05) is 13.7 Å². The molecule has 1 aliphatic carbocycles. The number of hydrogen-bond donors (Lipinski definition) is 2. The number of aryl methyl sites for hydroxylation is 1. The van der Waals surface area contributed by atoms with Crippen molar-refractivity contribution in [3.8, 4) is 29.1 Å². The summed E-state index contributed by atoms with van der Waals surface area (Å²) >= 11 is 0. The average Bonchev–Trinajstić information content (AvgIpc) is 3.22.